The van der Waals surface area contributed by atoms with Gasteiger partial charge in [-0.1, -0.05) is 19.9 Å². The number of methoxy groups -OCH3 is 1. The first-order valence-corrected chi connectivity index (χ1v) is 9.79. The van der Waals surface area contributed by atoms with Crippen LogP contribution in [0.15, 0.2) is 42.5 Å². The molecule has 2 N–H and O–H groups in total. The highest BCUT2D eigenvalue weighted by Gasteiger charge is 2.33. The highest BCUT2D eigenvalue weighted by Crippen LogP contribution is 2.32. The summed E-state index contributed by atoms with van der Waals surface area (Å²) < 4.78 is 11.4. The van der Waals surface area contributed by atoms with Gasteiger partial charge >= 0.3 is 0 Å². The van der Waals surface area contributed by atoms with Crippen molar-refractivity contribution in [1.82, 2.24) is 4.90 Å². The molecule has 3 rings (SSSR count). The third kappa shape index (κ3) is 5.25. The molecule has 29 heavy (non-hydrogen) atoms. The van der Waals surface area contributed by atoms with Gasteiger partial charge < -0.3 is 15.2 Å². The second-order valence-electron chi connectivity index (χ2n) is 8.29. The van der Waals surface area contributed by atoms with E-state index in [0.717, 1.165) is 37.2 Å². The minimum Gasteiger partial charge on any atom is -0.493 e. The van der Waals surface area contributed by atoms with Gasteiger partial charge in [0.1, 0.15) is 6.61 Å². The van der Waals surface area contributed by atoms with Gasteiger partial charge in [0.05, 0.1) is 12.0 Å². The van der Waals surface area contributed by atoms with Crippen molar-refractivity contribution in [2.75, 3.05) is 20.2 Å². The molecule has 7 nitrogen and oxygen atoms in total. The van der Waals surface area contributed by atoms with E-state index in [1.54, 1.807) is 19.2 Å². The van der Waals surface area contributed by atoms with Crippen LogP contribution in [0.25, 0.3) is 0 Å². The quantitative estimate of drug-likeness (QED) is 0.563. The maximum absolute atomic E-state index is 10.8. The summed E-state index contributed by atoms with van der Waals surface area (Å²) in [5.74, 6) is 1.33. The van der Waals surface area contributed by atoms with Crippen molar-refractivity contribution < 1.29 is 14.4 Å². The van der Waals surface area contributed by atoms with Crippen LogP contribution in [0.4, 0.5) is 5.69 Å². The zero-order chi connectivity index (χ0) is 21.0. The van der Waals surface area contributed by atoms with Gasteiger partial charge in [-0.05, 0) is 47.2 Å². The van der Waals surface area contributed by atoms with Gasteiger partial charge in [0.2, 0.25) is 0 Å². The maximum atomic E-state index is 10.8. The Morgan fingerprint density at radius 3 is 2.48 bits per heavy atom. The second-order valence-corrected chi connectivity index (χ2v) is 8.29. The van der Waals surface area contributed by atoms with Crippen LogP contribution in [0.1, 0.15) is 31.4 Å². The van der Waals surface area contributed by atoms with Gasteiger partial charge in [-0.25, -0.2) is 0 Å². The van der Waals surface area contributed by atoms with Crippen molar-refractivity contribution in [3.05, 3.63) is 63.7 Å². The first-order chi connectivity index (χ1) is 13.8. The molecule has 1 aliphatic heterocycles. The number of non-ortho nitro benzene ring substituents is 1. The Morgan fingerprint density at radius 1 is 1.17 bits per heavy atom. The van der Waals surface area contributed by atoms with E-state index in [-0.39, 0.29) is 17.1 Å². The van der Waals surface area contributed by atoms with Crippen LogP contribution in [0.2, 0.25) is 0 Å². The molecule has 1 saturated heterocycles. The number of nitrogens with zero attached hydrogens (tertiary/aromatic N) is 2. The summed E-state index contributed by atoms with van der Waals surface area (Å²) >= 11 is 0. The van der Waals surface area contributed by atoms with E-state index in [9.17, 15) is 10.1 Å². The molecule has 1 atom stereocenters. The van der Waals surface area contributed by atoms with Crippen LogP contribution < -0.4 is 15.2 Å². The molecule has 0 saturated carbocycles. The van der Waals surface area contributed by atoms with Crippen molar-refractivity contribution in [2.45, 2.75) is 39.5 Å². The Kier molecular flexibility index (Phi) is 6.39. The van der Waals surface area contributed by atoms with E-state index < -0.39 is 4.92 Å². The number of ether oxygens (including phenoxy) is 2. The molecule has 2 aromatic carbocycles. The summed E-state index contributed by atoms with van der Waals surface area (Å²) in [6.45, 7) is 7.51. The lowest BCUT2D eigenvalue weighted by atomic mass is 9.79. The van der Waals surface area contributed by atoms with Crippen molar-refractivity contribution in [3.8, 4) is 11.5 Å². The predicted octanol–water partition coefficient (Wildman–Crippen LogP) is 3.74. The van der Waals surface area contributed by atoms with Gasteiger partial charge in [-0.15, -0.1) is 0 Å². The number of rotatable bonds is 7. The van der Waals surface area contributed by atoms with Crippen LogP contribution in [-0.4, -0.2) is 36.1 Å². The van der Waals surface area contributed by atoms with E-state index >= 15 is 0 Å². The Morgan fingerprint density at radius 2 is 1.86 bits per heavy atom. The molecule has 1 heterocycles. The average molecular weight is 399 g/mol. The van der Waals surface area contributed by atoms with Gasteiger partial charge in [-0.3, -0.25) is 15.0 Å². The lowest BCUT2D eigenvalue weighted by Gasteiger charge is -2.42. The van der Waals surface area contributed by atoms with E-state index in [4.69, 9.17) is 15.2 Å². The number of nitro groups is 1. The molecule has 2 aromatic rings. The molecule has 0 radical (unpaired) electrons. The topological polar surface area (TPSA) is 90.9 Å². The molecular weight excluding hydrogens is 370 g/mol. The molecule has 1 unspecified atom stereocenters. The SMILES string of the molecule is COc1ccc(CN2CCC(N)C(C)(C)C2)cc1OCc1ccc([N+](=O)[O-])cc1. The van der Waals surface area contributed by atoms with Crippen LogP contribution in [-0.2, 0) is 13.2 Å². The molecule has 0 amide bonds. The first kappa shape index (κ1) is 21.1. The van der Waals surface area contributed by atoms with Crippen LogP contribution in [0.5, 0.6) is 11.5 Å². The fourth-order valence-electron chi connectivity index (χ4n) is 3.69. The molecule has 0 aliphatic carbocycles. The number of likely N-dealkylation sites (tertiary alicyclic amines) is 1. The van der Waals surface area contributed by atoms with E-state index in [2.05, 4.69) is 24.8 Å². The minimum atomic E-state index is -0.411. The third-order valence-electron chi connectivity index (χ3n) is 5.57. The minimum absolute atomic E-state index is 0.0671. The molecule has 0 bridgehead atoms. The summed E-state index contributed by atoms with van der Waals surface area (Å²) in [5.41, 5.74) is 8.42. The molecule has 7 heteroatoms. The Labute approximate surface area is 171 Å². The summed E-state index contributed by atoms with van der Waals surface area (Å²) in [7, 11) is 1.61. The Balaban J connectivity index is 1.68. The zero-order valence-corrected chi connectivity index (χ0v) is 17.3. The Hall–Kier alpha value is -2.64. The highest BCUT2D eigenvalue weighted by atomic mass is 16.6. The second kappa shape index (κ2) is 8.80. The molecule has 0 spiro atoms. The molecular formula is C22H29N3O4. The highest BCUT2D eigenvalue weighted by molar-refractivity contribution is 5.43. The lowest BCUT2D eigenvalue weighted by molar-refractivity contribution is -0.384. The smallest absolute Gasteiger partial charge is 0.269 e. The number of nitrogens with two attached hydrogens (primary N) is 1. The van der Waals surface area contributed by atoms with Crippen LogP contribution in [0.3, 0.4) is 0 Å². The normalized spacial score (nSPS) is 19.0. The van der Waals surface area contributed by atoms with E-state index in [1.807, 2.05) is 12.1 Å². The van der Waals surface area contributed by atoms with E-state index in [0.29, 0.717) is 18.1 Å². The van der Waals surface area contributed by atoms with Gasteiger partial charge in [0.25, 0.3) is 5.69 Å². The van der Waals surface area contributed by atoms with Gasteiger partial charge in [-0.2, -0.15) is 0 Å². The number of hydrogen-bond acceptors (Lipinski definition) is 6. The molecule has 1 fully saturated rings. The summed E-state index contributed by atoms with van der Waals surface area (Å²) in [6.07, 6.45) is 0.993. The Bertz CT molecular complexity index is 852. The number of hydrogen-bond donors (Lipinski definition) is 1. The monoisotopic (exact) mass is 399 g/mol. The first-order valence-electron chi connectivity index (χ1n) is 9.79. The maximum Gasteiger partial charge on any atom is 0.269 e. The van der Waals surface area contributed by atoms with Crippen LogP contribution in [0, 0.1) is 15.5 Å². The third-order valence-corrected chi connectivity index (χ3v) is 5.57. The van der Waals surface area contributed by atoms with Crippen molar-refractivity contribution in [2.24, 2.45) is 11.1 Å². The standard InChI is InChI=1S/C22H29N3O4/c1-22(2)15-24(11-10-21(22)23)13-17-6-9-19(28-3)20(12-17)29-14-16-4-7-18(8-5-16)25(26)27/h4-9,12,21H,10-11,13-15,23H2,1-3H3. The average Bonchev–Trinajstić information content (AvgIpc) is 2.69. The fraction of sp³-hybridized carbons (Fsp3) is 0.455. The molecule has 1 aliphatic rings. The van der Waals surface area contributed by atoms with Crippen molar-refractivity contribution >= 4 is 5.69 Å². The predicted molar refractivity (Wildman–Crippen MR) is 112 cm³/mol. The summed E-state index contributed by atoms with van der Waals surface area (Å²) in [6, 6.07) is 12.6. The van der Waals surface area contributed by atoms with Crippen molar-refractivity contribution in [1.29, 1.82) is 0 Å². The summed E-state index contributed by atoms with van der Waals surface area (Å²) in [4.78, 5) is 12.8. The molecule has 0 aromatic heterocycles. The number of nitro benzene ring substituents is 1. The van der Waals surface area contributed by atoms with Crippen LogP contribution >= 0.6 is 0 Å². The fourth-order valence-corrected chi connectivity index (χ4v) is 3.69. The van der Waals surface area contributed by atoms with Gasteiger partial charge in [0.15, 0.2) is 11.5 Å². The molecule has 156 valence electrons. The number of benzene rings is 2. The van der Waals surface area contributed by atoms with E-state index in [1.165, 1.54) is 12.1 Å². The largest absolute Gasteiger partial charge is 0.493 e. The lowest BCUT2D eigenvalue weighted by Crippen LogP contribution is -2.52. The van der Waals surface area contributed by atoms with Crippen molar-refractivity contribution in [3.63, 3.8) is 0 Å². The van der Waals surface area contributed by atoms with Gasteiger partial charge in [0, 0.05) is 37.8 Å². The number of piperidine rings is 1. The zero-order valence-electron chi connectivity index (χ0n) is 17.3. The summed E-state index contributed by atoms with van der Waals surface area (Å²) in [5, 5.41) is 10.8.